The molecule has 96 valence electrons. The molecule has 1 aromatic rings. The third kappa shape index (κ3) is 2.55. The molecule has 0 bridgehead atoms. The van der Waals surface area contributed by atoms with E-state index in [2.05, 4.69) is 6.08 Å². The molecule has 2 rings (SSSR count). The molecule has 0 radical (unpaired) electrons. The van der Waals surface area contributed by atoms with Gasteiger partial charge in [-0.2, -0.15) is 0 Å². The van der Waals surface area contributed by atoms with E-state index >= 15 is 0 Å². The fourth-order valence-electron chi connectivity index (χ4n) is 2.20. The molecule has 0 unspecified atom stereocenters. The molecule has 1 aliphatic rings. The lowest BCUT2D eigenvalue weighted by atomic mass is 9.92. The average molecular weight is 246 g/mol. The van der Waals surface area contributed by atoms with Gasteiger partial charge in [-0.05, 0) is 43.4 Å². The first-order valence-electron chi connectivity index (χ1n) is 6.22. The molecule has 0 N–H and O–H groups in total. The van der Waals surface area contributed by atoms with E-state index in [1.54, 1.807) is 32.4 Å². The third-order valence-electron chi connectivity index (χ3n) is 3.24. The number of benzene rings is 1. The van der Waals surface area contributed by atoms with Gasteiger partial charge in [0.1, 0.15) is 11.5 Å². The smallest absolute Gasteiger partial charge is 0.192 e. The predicted molar refractivity (Wildman–Crippen MR) is 70.4 cm³/mol. The highest BCUT2D eigenvalue weighted by Crippen LogP contribution is 2.29. The van der Waals surface area contributed by atoms with Crippen molar-refractivity contribution in [3.05, 3.63) is 35.4 Å². The van der Waals surface area contributed by atoms with Gasteiger partial charge >= 0.3 is 0 Å². The first-order valence-corrected chi connectivity index (χ1v) is 6.22. The number of Topliss-reactive ketones (excluding diaryl/α,β-unsaturated/α-hetero) is 1. The fraction of sp³-hybridized carbons (Fsp3) is 0.400. The second-order valence-corrected chi connectivity index (χ2v) is 4.37. The summed E-state index contributed by atoms with van der Waals surface area (Å²) in [5, 5.41) is 0. The van der Waals surface area contributed by atoms with Gasteiger partial charge in [0.15, 0.2) is 5.78 Å². The highest BCUT2D eigenvalue weighted by atomic mass is 16.5. The van der Waals surface area contributed by atoms with E-state index < -0.39 is 0 Å². The van der Waals surface area contributed by atoms with E-state index in [9.17, 15) is 4.79 Å². The Morgan fingerprint density at radius 2 is 2.00 bits per heavy atom. The van der Waals surface area contributed by atoms with Gasteiger partial charge in [0.05, 0.1) is 19.8 Å². The molecular formula is C15H18O3. The van der Waals surface area contributed by atoms with Crippen molar-refractivity contribution in [1.29, 1.82) is 0 Å². The zero-order valence-corrected chi connectivity index (χ0v) is 10.9. The molecule has 0 fully saturated rings. The van der Waals surface area contributed by atoms with E-state index in [-0.39, 0.29) is 5.78 Å². The minimum absolute atomic E-state index is 0.0780. The van der Waals surface area contributed by atoms with Crippen LogP contribution < -0.4 is 9.47 Å². The number of allylic oxidation sites excluding steroid dienone is 2. The van der Waals surface area contributed by atoms with Crippen molar-refractivity contribution in [2.75, 3.05) is 14.2 Å². The van der Waals surface area contributed by atoms with Gasteiger partial charge in [0, 0.05) is 6.07 Å². The quantitative estimate of drug-likeness (QED) is 0.764. The lowest BCUT2D eigenvalue weighted by Gasteiger charge is -2.14. The topological polar surface area (TPSA) is 35.5 Å². The fourth-order valence-corrected chi connectivity index (χ4v) is 2.20. The lowest BCUT2D eigenvalue weighted by molar-refractivity contribution is 0.102. The van der Waals surface area contributed by atoms with Crippen LogP contribution in [-0.2, 0) is 0 Å². The van der Waals surface area contributed by atoms with Crippen molar-refractivity contribution < 1.29 is 14.3 Å². The number of hydrogen-bond donors (Lipinski definition) is 0. The molecule has 0 amide bonds. The van der Waals surface area contributed by atoms with Gasteiger partial charge in [0.2, 0.25) is 0 Å². The molecule has 0 heterocycles. The number of carbonyl (C=O) groups excluding carboxylic acids is 1. The van der Waals surface area contributed by atoms with E-state index in [0.29, 0.717) is 17.1 Å². The highest BCUT2D eigenvalue weighted by Gasteiger charge is 2.18. The van der Waals surface area contributed by atoms with E-state index in [1.165, 1.54) is 6.42 Å². The van der Waals surface area contributed by atoms with Crippen molar-refractivity contribution in [3.63, 3.8) is 0 Å². The summed E-state index contributed by atoms with van der Waals surface area (Å²) in [4.78, 5) is 12.4. The molecule has 0 saturated heterocycles. The van der Waals surface area contributed by atoms with Crippen molar-refractivity contribution in [1.82, 2.24) is 0 Å². The monoisotopic (exact) mass is 246 g/mol. The molecule has 1 aromatic carbocycles. The van der Waals surface area contributed by atoms with Gasteiger partial charge in [-0.3, -0.25) is 4.79 Å². The molecule has 3 nitrogen and oxygen atoms in total. The number of hydrogen-bond acceptors (Lipinski definition) is 3. The number of carbonyl (C=O) groups is 1. The number of ether oxygens (including phenoxy) is 2. The van der Waals surface area contributed by atoms with Crippen molar-refractivity contribution in [3.8, 4) is 11.5 Å². The summed E-state index contributed by atoms with van der Waals surface area (Å²) in [6.45, 7) is 0. The minimum atomic E-state index is 0.0780. The molecule has 3 heteroatoms. The van der Waals surface area contributed by atoms with E-state index in [1.807, 2.05) is 0 Å². The maximum Gasteiger partial charge on any atom is 0.192 e. The van der Waals surface area contributed by atoms with Crippen LogP contribution in [0.25, 0.3) is 0 Å². The van der Waals surface area contributed by atoms with Crippen LogP contribution in [0.4, 0.5) is 0 Å². The Hall–Kier alpha value is -1.77. The zero-order valence-electron chi connectivity index (χ0n) is 10.9. The van der Waals surface area contributed by atoms with Crippen molar-refractivity contribution in [2.45, 2.75) is 25.7 Å². The summed E-state index contributed by atoms with van der Waals surface area (Å²) < 4.78 is 10.4. The zero-order chi connectivity index (χ0) is 13.0. The van der Waals surface area contributed by atoms with Gasteiger partial charge in [-0.1, -0.05) is 6.08 Å². The average Bonchev–Trinajstić information content (AvgIpc) is 2.46. The maximum absolute atomic E-state index is 12.4. The summed E-state index contributed by atoms with van der Waals surface area (Å²) in [7, 11) is 3.17. The normalized spacial score (nSPS) is 14.9. The Bertz CT molecular complexity index is 475. The Labute approximate surface area is 107 Å². The standard InChI is InChI=1S/C15H18O3/c1-17-12-8-9-13(14(10-12)18-2)15(16)11-6-4-3-5-7-11/h6,8-10H,3-5,7H2,1-2H3. The second kappa shape index (κ2) is 5.71. The summed E-state index contributed by atoms with van der Waals surface area (Å²) in [6.07, 6.45) is 6.19. The number of methoxy groups -OCH3 is 2. The van der Waals surface area contributed by atoms with Crippen LogP contribution in [0.1, 0.15) is 36.0 Å². The summed E-state index contributed by atoms with van der Waals surface area (Å²) in [5.74, 6) is 1.35. The first-order chi connectivity index (χ1) is 8.76. The summed E-state index contributed by atoms with van der Waals surface area (Å²) in [6, 6.07) is 5.31. The van der Waals surface area contributed by atoms with Crippen molar-refractivity contribution in [2.24, 2.45) is 0 Å². The maximum atomic E-state index is 12.4. The largest absolute Gasteiger partial charge is 0.497 e. The van der Waals surface area contributed by atoms with Gasteiger partial charge < -0.3 is 9.47 Å². The molecule has 0 aliphatic heterocycles. The molecule has 1 aliphatic carbocycles. The van der Waals surface area contributed by atoms with Crippen LogP contribution in [0.3, 0.4) is 0 Å². The van der Waals surface area contributed by atoms with Gasteiger partial charge in [-0.15, -0.1) is 0 Å². The second-order valence-electron chi connectivity index (χ2n) is 4.37. The third-order valence-corrected chi connectivity index (χ3v) is 3.24. The lowest BCUT2D eigenvalue weighted by Crippen LogP contribution is -2.08. The van der Waals surface area contributed by atoms with E-state index in [0.717, 1.165) is 24.8 Å². The van der Waals surface area contributed by atoms with Crippen LogP contribution in [0, 0.1) is 0 Å². The van der Waals surface area contributed by atoms with Crippen molar-refractivity contribution >= 4 is 5.78 Å². The Morgan fingerprint density at radius 3 is 2.61 bits per heavy atom. The number of rotatable bonds is 4. The van der Waals surface area contributed by atoms with Crippen LogP contribution in [-0.4, -0.2) is 20.0 Å². The van der Waals surface area contributed by atoms with Crippen LogP contribution in [0.5, 0.6) is 11.5 Å². The molecular weight excluding hydrogens is 228 g/mol. The summed E-state index contributed by atoms with van der Waals surface area (Å²) >= 11 is 0. The predicted octanol–water partition coefficient (Wildman–Crippen LogP) is 3.39. The SMILES string of the molecule is COc1ccc(C(=O)C2=CCCCC2)c(OC)c1. The molecule has 18 heavy (non-hydrogen) atoms. The molecule has 0 saturated carbocycles. The van der Waals surface area contributed by atoms with E-state index in [4.69, 9.17) is 9.47 Å². The Kier molecular flexibility index (Phi) is 4.03. The number of ketones is 1. The van der Waals surface area contributed by atoms with Gasteiger partial charge in [-0.25, -0.2) is 0 Å². The summed E-state index contributed by atoms with van der Waals surface area (Å²) in [5.41, 5.74) is 1.52. The highest BCUT2D eigenvalue weighted by molar-refractivity contribution is 6.10. The molecule has 0 aromatic heterocycles. The van der Waals surface area contributed by atoms with Crippen LogP contribution in [0.2, 0.25) is 0 Å². The first kappa shape index (κ1) is 12.7. The van der Waals surface area contributed by atoms with Crippen LogP contribution >= 0.6 is 0 Å². The minimum Gasteiger partial charge on any atom is -0.497 e. The Morgan fingerprint density at radius 1 is 1.17 bits per heavy atom. The Balaban J connectivity index is 2.32. The molecule has 0 spiro atoms. The van der Waals surface area contributed by atoms with Gasteiger partial charge in [0.25, 0.3) is 0 Å². The van der Waals surface area contributed by atoms with Crippen LogP contribution in [0.15, 0.2) is 29.8 Å². The molecule has 0 atom stereocenters.